The minimum atomic E-state index is -0.712. The van der Waals surface area contributed by atoms with Crippen LogP contribution in [0.1, 0.15) is 43.7 Å². The van der Waals surface area contributed by atoms with Crippen molar-refractivity contribution in [3.63, 3.8) is 0 Å². The predicted octanol–water partition coefficient (Wildman–Crippen LogP) is 4.07. The van der Waals surface area contributed by atoms with Crippen LogP contribution in [0, 0.1) is 5.82 Å². The molecule has 0 aliphatic carbocycles. The van der Waals surface area contributed by atoms with Crippen molar-refractivity contribution >= 4 is 12.0 Å². The number of rotatable bonds is 7. The standard InChI is InChI=1S/C24H27FO5/c1-15(2)22-13-20(29-10-9-26)14-23(16-3-5-17(25)6-4-16)21(22)8-7-19-11-18(27)12-24(28)30-19/h3-8,13-15,18-19,26-27H,9-12H2,1-2H3/b8-7+/t18-,19-/m1/s1. The summed E-state index contributed by atoms with van der Waals surface area (Å²) in [6.07, 6.45) is 2.81. The van der Waals surface area contributed by atoms with E-state index in [1.165, 1.54) is 12.1 Å². The third kappa shape index (κ3) is 5.46. The molecular formula is C24H27FO5. The van der Waals surface area contributed by atoms with Gasteiger partial charge >= 0.3 is 5.97 Å². The summed E-state index contributed by atoms with van der Waals surface area (Å²) in [5.41, 5.74) is 3.56. The van der Waals surface area contributed by atoms with Crippen LogP contribution in [0.2, 0.25) is 0 Å². The number of aliphatic hydroxyl groups is 2. The molecule has 5 nitrogen and oxygen atoms in total. The maximum atomic E-state index is 13.5. The summed E-state index contributed by atoms with van der Waals surface area (Å²) in [5, 5.41) is 19.0. The summed E-state index contributed by atoms with van der Waals surface area (Å²) in [6, 6.07) is 9.99. The number of cyclic esters (lactones) is 1. The zero-order valence-electron chi connectivity index (χ0n) is 17.2. The van der Waals surface area contributed by atoms with Gasteiger partial charge in [0.25, 0.3) is 0 Å². The molecule has 1 aliphatic heterocycles. The van der Waals surface area contributed by atoms with Gasteiger partial charge in [-0.3, -0.25) is 4.79 Å². The lowest BCUT2D eigenvalue weighted by atomic mass is 9.89. The molecule has 1 fully saturated rings. The molecule has 0 aromatic heterocycles. The Morgan fingerprint density at radius 1 is 1.27 bits per heavy atom. The number of halogens is 1. The number of benzene rings is 2. The van der Waals surface area contributed by atoms with Gasteiger partial charge in [-0.25, -0.2) is 4.39 Å². The molecule has 1 aliphatic rings. The van der Waals surface area contributed by atoms with Crippen LogP contribution >= 0.6 is 0 Å². The first-order chi connectivity index (χ1) is 14.4. The smallest absolute Gasteiger partial charge is 0.309 e. The van der Waals surface area contributed by atoms with Crippen LogP contribution in [0.4, 0.5) is 4.39 Å². The van der Waals surface area contributed by atoms with Crippen molar-refractivity contribution in [2.75, 3.05) is 13.2 Å². The van der Waals surface area contributed by atoms with Gasteiger partial charge in [0.1, 0.15) is 24.3 Å². The molecule has 30 heavy (non-hydrogen) atoms. The average molecular weight is 414 g/mol. The number of ether oxygens (including phenoxy) is 2. The van der Waals surface area contributed by atoms with E-state index in [1.54, 1.807) is 18.2 Å². The minimum Gasteiger partial charge on any atom is -0.491 e. The Bertz CT molecular complexity index is 905. The molecule has 0 spiro atoms. The lowest BCUT2D eigenvalue weighted by Gasteiger charge is -2.24. The Labute approximate surface area is 175 Å². The summed E-state index contributed by atoms with van der Waals surface area (Å²) < 4.78 is 24.5. The normalized spacial score (nSPS) is 19.3. The van der Waals surface area contributed by atoms with E-state index in [2.05, 4.69) is 13.8 Å². The minimum absolute atomic E-state index is 0.0132. The molecule has 1 heterocycles. The van der Waals surface area contributed by atoms with E-state index < -0.39 is 18.2 Å². The number of carbonyl (C=O) groups is 1. The fourth-order valence-corrected chi connectivity index (χ4v) is 3.56. The number of hydrogen-bond donors (Lipinski definition) is 2. The van der Waals surface area contributed by atoms with Gasteiger partial charge in [0, 0.05) is 6.42 Å². The van der Waals surface area contributed by atoms with E-state index in [-0.39, 0.29) is 31.4 Å². The topological polar surface area (TPSA) is 76.0 Å². The third-order valence-electron chi connectivity index (χ3n) is 4.99. The van der Waals surface area contributed by atoms with Gasteiger partial charge in [-0.15, -0.1) is 0 Å². The third-order valence-corrected chi connectivity index (χ3v) is 4.99. The average Bonchev–Trinajstić information content (AvgIpc) is 2.70. The number of carbonyl (C=O) groups excluding carboxylic acids is 1. The van der Waals surface area contributed by atoms with Crippen molar-refractivity contribution in [2.45, 2.75) is 44.8 Å². The highest BCUT2D eigenvalue weighted by Gasteiger charge is 2.25. The van der Waals surface area contributed by atoms with Crippen LogP contribution in [0.3, 0.4) is 0 Å². The first-order valence-corrected chi connectivity index (χ1v) is 10.1. The SMILES string of the molecule is CC(C)c1cc(OCCO)cc(-c2ccc(F)cc2)c1/C=C/[C@@H]1C[C@@H](O)CC(=O)O1. The molecule has 3 rings (SSSR count). The quantitative estimate of drug-likeness (QED) is 0.668. The van der Waals surface area contributed by atoms with Crippen LogP contribution in [0.15, 0.2) is 42.5 Å². The Morgan fingerprint density at radius 3 is 2.63 bits per heavy atom. The monoisotopic (exact) mass is 414 g/mol. The van der Waals surface area contributed by atoms with Crippen LogP contribution in [0.5, 0.6) is 5.75 Å². The number of hydrogen-bond acceptors (Lipinski definition) is 5. The molecule has 6 heteroatoms. The molecule has 2 atom stereocenters. The van der Waals surface area contributed by atoms with Gasteiger partial charge in [-0.1, -0.05) is 32.1 Å². The van der Waals surface area contributed by atoms with Crippen molar-refractivity contribution in [3.05, 3.63) is 59.4 Å². The largest absolute Gasteiger partial charge is 0.491 e. The highest BCUT2D eigenvalue weighted by molar-refractivity contribution is 5.79. The van der Waals surface area contributed by atoms with Gasteiger partial charge in [-0.2, -0.15) is 0 Å². The maximum Gasteiger partial charge on any atom is 0.309 e. The number of aliphatic hydroxyl groups excluding tert-OH is 2. The first-order valence-electron chi connectivity index (χ1n) is 10.1. The summed E-state index contributed by atoms with van der Waals surface area (Å²) in [5.74, 6) is 0.0273. The molecule has 0 bridgehead atoms. The summed E-state index contributed by atoms with van der Waals surface area (Å²) in [4.78, 5) is 11.6. The first kappa shape index (κ1) is 22.0. The van der Waals surface area contributed by atoms with Crippen molar-refractivity contribution in [1.29, 1.82) is 0 Å². The lowest BCUT2D eigenvalue weighted by Crippen LogP contribution is -2.31. The molecule has 1 saturated heterocycles. The van der Waals surface area contributed by atoms with Crippen LogP contribution in [-0.4, -0.2) is 41.6 Å². The molecule has 2 N–H and O–H groups in total. The highest BCUT2D eigenvalue weighted by atomic mass is 19.1. The molecule has 0 unspecified atom stereocenters. The zero-order valence-corrected chi connectivity index (χ0v) is 17.2. The lowest BCUT2D eigenvalue weighted by molar-refractivity contribution is -0.156. The molecular weight excluding hydrogens is 387 g/mol. The second-order valence-electron chi connectivity index (χ2n) is 7.69. The molecule has 0 saturated carbocycles. The zero-order chi connectivity index (χ0) is 21.7. The second-order valence-corrected chi connectivity index (χ2v) is 7.69. The van der Waals surface area contributed by atoms with Crippen LogP contribution < -0.4 is 4.74 Å². The predicted molar refractivity (Wildman–Crippen MR) is 113 cm³/mol. The Balaban J connectivity index is 2.07. The molecule has 160 valence electrons. The van der Waals surface area contributed by atoms with E-state index in [0.29, 0.717) is 12.2 Å². The Hall–Kier alpha value is -2.70. The molecule has 2 aromatic rings. The highest BCUT2D eigenvalue weighted by Crippen LogP contribution is 2.36. The number of esters is 1. The van der Waals surface area contributed by atoms with Gasteiger partial charge in [-0.05, 0) is 58.5 Å². The van der Waals surface area contributed by atoms with Crippen LogP contribution in [-0.2, 0) is 9.53 Å². The van der Waals surface area contributed by atoms with Gasteiger partial charge in [0.05, 0.1) is 19.1 Å². The summed E-state index contributed by atoms with van der Waals surface area (Å²) in [7, 11) is 0. The van der Waals surface area contributed by atoms with Gasteiger partial charge in [0.2, 0.25) is 0 Å². The van der Waals surface area contributed by atoms with E-state index in [0.717, 1.165) is 22.3 Å². The van der Waals surface area contributed by atoms with Crippen molar-refractivity contribution in [1.82, 2.24) is 0 Å². The Morgan fingerprint density at radius 2 is 2.00 bits per heavy atom. The second kappa shape index (κ2) is 9.87. The van der Waals surface area contributed by atoms with Gasteiger partial charge < -0.3 is 19.7 Å². The maximum absolute atomic E-state index is 13.5. The van der Waals surface area contributed by atoms with Gasteiger partial charge in [0.15, 0.2) is 0 Å². The molecule has 2 aromatic carbocycles. The van der Waals surface area contributed by atoms with Crippen LogP contribution in [0.25, 0.3) is 17.2 Å². The fourth-order valence-electron chi connectivity index (χ4n) is 3.56. The fraction of sp³-hybridized carbons (Fsp3) is 0.375. The van der Waals surface area contributed by atoms with Crippen molar-refractivity contribution in [3.8, 4) is 16.9 Å². The molecule has 0 amide bonds. The van der Waals surface area contributed by atoms with E-state index >= 15 is 0 Å². The van der Waals surface area contributed by atoms with E-state index in [4.69, 9.17) is 14.6 Å². The summed E-state index contributed by atoms with van der Waals surface area (Å²) in [6.45, 7) is 4.19. The summed E-state index contributed by atoms with van der Waals surface area (Å²) >= 11 is 0. The Kier molecular flexibility index (Phi) is 7.24. The van der Waals surface area contributed by atoms with Crippen molar-refractivity contribution in [2.24, 2.45) is 0 Å². The van der Waals surface area contributed by atoms with E-state index in [9.17, 15) is 14.3 Å². The van der Waals surface area contributed by atoms with Crippen molar-refractivity contribution < 1.29 is 28.9 Å². The molecule has 0 radical (unpaired) electrons. The van der Waals surface area contributed by atoms with E-state index in [1.807, 2.05) is 18.2 Å².